The Morgan fingerprint density at radius 3 is 2.55 bits per heavy atom. The third-order valence-corrected chi connectivity index (χ3v) is 4.57. The summed E-state index contributed by atoms with van der Waals surface area (Å²) in [4.78, 5) is 32.7. The lowest BCUT2D eigenvalue weighted by Gasteiger charge is -2.34. The van der Waals surface area contributed by atoms with E-state index >= 15 is 0 Å². The van der Waals surface area contributed by atoms with Crippen molar-refractivity contribution in [2.24, 2.45) is 0 Å². The smallest absolute Gasteiger partial charge is 0.409 e. The molecule has 1 saturated heterocycles. The highest BCUT2D eigenvalue weighted by Crippen LogP contribution is 2.25. The van der Waals surface area contributed by atoms with E-state index in [1.807, 2.05) is 25.1 Å². The van der Waals surface area contributed by atoms with Crippen molar-refractivity contribution in [2.45, 2.75) is 13.8 Å². The maximum Gasteiger partial charge on any atom is 0.409 e. The standard InChI is InChI=1S/C21H26N4O4/c1-3-28-18-8-6-5-7-17(18)23-20(26)16-9-10-22-19(15-16)24-11-13-25(14-12-24)21(27)29-4-2/h5-10,15H,3-4,11-14H2,1-2H3,(H,23,26). The second kappa shape index (κ2) is 9.77. The molecule has 1 N–H and O–H groups in total. The second-order valence-corrected chi connectivity index (χ2v) is 6.46. The summed E-state index contributed by atoms with van der Waals surface area (Å²) in [5, 5.41) is 2.90. The molecule has 1 aromatic carbocycles. The number of carbonyl (C=O) groups excluding carboxylic acids is 2. The Balaban J connectivity index is 1.66. The van der Waals surface area contributed by atoms with Gasteiger partial charge in [0.25, 0.3) is 5.91 Å². The molecule has 29 heavy (non-hydrogen) atoms. The number of para-hydroxylation sites is 2. The van der Waals surface area contributed by atoms with Crippen molar-refractivity contribution in [3.8, 4) is 5.75 Å². The number of hydrogen-bond acceptors (Lipinski definition) is 6. The van der Waals surface area contributed by atoms with Crippen LogP contribution in [0.3, 0.4) is 0 Å². The molecular formula is C21H26N4O4. The first-order chi connectivity index (χ1) is 14.1. The number of anilines is 2. The Kier molecular flexibility index (Phi) is 6.89. The molecule has 8 nitrogen and oxygen atoms in total. The molecule has 2 amide bonds. The van der Waals surface area contributed by atoms with Crippen molar-refractivity contribution in [3.63, 3.8) is 0 Å². The maximum absolute atomic E-state index is 12.7. The van der Waals surface area contributed by atoms with E-state index in [2.05, 4.69) is 15.2 Å². The lowest BCUT2D eigenvalue weighted by atomic mass is 10.2. The van der Waals surface area contributed by atoms with Crippen LogP contribution >= 0.6 is 0 Å². The van der Waals surface area contributed by atoms with Crippen LogP contribution in [0.25, 0.3) is 0 Å². The number of amides is 2. The maximum atomic E-state index is 12.7. The Morgan fingerprint density at radius 1 is 1.07 bits per heavy atom. The molecule has 0 spiro atoms. The average Bonchev–Trinajstić information content (AvgIpc) is 2.75. The quantitative estimate of drug-likeness (QED) is 0.805. The normalized spacial score (nSPS) is 13.7. The van der Waals surface area contributed by atoms with Gasteiger partial charge in [-0.1, -0.05) is 12.1 Å². The molecule has 1 aliphatic rings. The van der Waals surface area contributed by atoms with Gasteiger partial charge in [-0.2, -0.15) is 0 Å². The third-order valence-electron chi connectivity index (χ3n) is 4.57. The van der Waals surface area contributed by atoms with Gasteiger partial charge in [-0.25, -0.2) is 9.78 Å². The fraction of sp³-hybridized carbons (Fsp3) is 0.381. The molecule has 154 valence electrons. The summed E-state index contributed by atoms with van der Waals surface area (Å²) in [5.41, 5.74) is 1.13. The number of rotatable bonds is 6. The van der Waals surface area contributed by atoms with Crippen LogP contribution in [0.2, 0.25) is 0 Å². The molecule has 0 radical (unpaired) electrons. The van der Waals surface area contributed by atoms with Gasteiger partial charge in [-0.15, -0.1) is 0 Å². The lowest BCUT2D eigenvalue weighted by Crippen LogP contribution is -2.49. The van der Waals surface area contributed by atoms with E-state index in [1.54, 1.807) is 36.2 Å². The van der Waals surface area contributed by atoms with Gasteiger partial charge < -0.3 is 24.6 Å². The Hall–Kier alpha value is -3.29. The van der Waals surface area contributed by atoms with Crippen molar-refractivity contribution in [2.75, 3.05) is 49.6 Å². The Labute approximate surface area is 170 Å². The van der Waals surface area contributed by atoms with E-state index in [4.69, 9.17) is 9.47 Å². The van der Waals surface area contributed by atoms with Crippen molar-refractivity contribution in [1.29, 1.82) is 0 Å². The molecule has 0 bridgehead atoms. The molecule has 0 atom stereocenters. The van der Waals surface area contributed by atoms with Gasteiger partial charge >= 0.3 is 6.09 Å². The molecule has 1 fully saturated rings. The number of carbonyl (C=O) groups is 2. The van der Waals surface area contributed by atoms with Gasteiger partial charge in [0.1, 0.15) is 11.6 Å². The summed E-state index contributed by atoms with van der Waals surface area (Å²) >= 11 is 0. The van der Waals surface area contributed by atoms with Crippen LogP contribution in [-0.4, -0.2) is 61.3 Å². The topological polar surface area (TPSA) is 84.0 Å². The van der Waals surface area contributed by atoms with Crippen molar-refractivity contribution >= 4 is 23.5 Å². The second-order valence-electron chi connectivity index (χ2n) is 6.46. The molecule has 1 aromatic heterocycles. The van der Waals surface area contributed by atoms with Crippen molar-refractivity contribution in [3.05, 3.63) is 48.2 Å². The van der Waals surface area contributed by atoms with E-state index < -0.39 is 0 Å². The van der Waals surface area contributed by atoms with E-state index in [-0.39, 0.29) is 12.0 Å². The minimum Gasteiger partial charge on any atom is -0.492 e. The zero-order valence-corrected chi connectivity index (χ0v) is 16.8. The van der Waals surface area contributed by atoms with Crippen LogP contribution < -0.4 is 15.0 Å². The highest BCUT2D eigenvalue weighted by molar-refractivity contribution is 6.05. The van der Waals surface area contributed by atoms with E-state index in [1.165, 1.54) is 0 Å². The molecule has 0 saturated carbocycles. The van der Waals surface area contributed by atoms with E-state index in [0.717, 1.165) is 0 Å². The Morgan fingerprint density at radius 2 is 1.83 bits per heavy atom. The highest BCUT2D eigenvalue weighted by Gasteiger charge is 2.23. The monoisotopic (exact) mass is 398 g/mol. The van der Waals surface area contributed by atoms with Crippen LogP contribution in [-0.2, 0) is 4.74 Å². The van der Waals surface area contributed by atoms with Crippen molar-refractivity contribution < 1.29 is 19.1 Å². The van der Waals surface area contributed by atoms with Crippen LogP contribution in [0.1, 0.15) is 24.2 Å². The minimum atomic E-state index is -0.291. The number of hydrogen-bond donors (Lipinski definition) is 1. The number of pyridine rings is 1. The van der Waals surface area contributed by atoms with Crippen LogP contribution in [0.5, 0.6) is 5.75 Å². The number of nitrogens with zero attached hydrogens (tertiary/aromatic N) is 3. The summed E-state index contributed by atoms with van der Waals surface area (Å²) in [6.07, 6.45) is 1.33. The molecule has 2 aromatic rings. The van der Waals surface area contributed by atoms with Crippen molar-refractivity contribution in [1.82, 2.24) is 9.88 Å². The summed E-state index contributed by atoms with van der Waals surface area (Å²) in [7, 11) is 0. The SMILES string of the molecule is CCOC(=O)N1CCN(c2cc(C(=O)Nc3ccccc3OCC)ccn2)CC1. The van der Waals surface area contributed by atoms with E-state index in [0.29, 0.717) is 62.2 Å². The molecule has 3 rings (SSSR count). The van der Waals surface area contributed by atoms with E-state index in [9.17, 15) is 9.59 Å². The summed E-state index contributed by atoms with van der Waals surface area (Å²) < 4.78 is 10.6. The van der Waals surface area contributed by atoms with Gasteiger partial charge in [-0.3, -0.25) is 4.79 Å². The van der Waals surface area contributed by atoms with Gasteiger partial charge in [0.05, 0.1) is 18.9 Å². The molecule has 2 heterocycles. The van der Waals surface area contributed by atoms with Gasteiger partial charge in [0.15, 0.2) is 0 Å². The zero-order valence-electron chi connectivity index (χ0n) is 16.8. The largest absolute Gasteiger partial charge is 0.492 e. The number of ether oxygens (including phenoxy) is 2. The minimum absolute atomic E-state index is 0.231. The number of piperazine rings is 1. The molecule has 0 aliphatic carbocycles. The zero-order chi connectivity index (χ0) is 20.6. The van der Waals surface area contributed by atoms with Crippen LogP contribution in [0.15, 0.2) is 42.6 Å². The average molecular weight is 398 g/mol. The number of nitrogens with one attached hydrogen (secondary N) is 1. The molecule has 8 heteroatoms. The van der Waals surface area contributed by atoms with Gasteiger partial charge in [-0.05, 0) is 38.1 Å². The molecular weight excluding hydrogens is 372 g/mol. The summed E-state index contributed by atoms with van der Waals surface area (Å²) in [6, 6.07) is 10.8. The molecule has 0 unspecified atom stereocenters. The highest BCUT2D eigenvalue weighted by atomic mass is 16.6. The first-order valence-corrected chi connectivity index (χ1v) is 9.78. The lowest BCUT2D eigenvalue weighted by molar-refractivity contribution is 0.102. The summed E-state index contributed by atoms with van der Waals surface area (Å²) in [6.45, 7) is 6.94. The van der Waals surface area contributed by atoms with Crippen LogP contribution in [0, 0.1) is 0 Å². The third kappa shape index (κ3) is 5.16. The number of aromatic nitrogens is 1. The van der Waals surface area contributed by atoms with Gasteiger partial charge in [0.2, 0.25) is 0 Å². The van der Waals surface area contributed by atoms with Crippen LogP contribution in [0.4, 0.5) is 16.3 Å². The van der Waals surface area contributed by atoms with Gasteiger partial charge in [0, 0.05) is 37.9 Å². The predicted octanol–water partition coefficient (Wildman–Crippen LogP) is 3.01. The predicted molar refractivity (Wildman–Crippen MR) is 111 cm³/mol. The first kappa shape index (κ1) is 20.4. The fourth-order valence-corrected chi connectivity index (χ4v) is 3.11. The first-order valence-electron chi connectivity index (χ1n) is 9.78. The number of benzene rings is 1. The summed E-state index contributed by atoms with van der Waals surface area (Å²) in [5.74, 6) is 1.11. The molecule has 1 aliphatic heterocycles. The fourth-order valence-electron chi connectivity index (χ4n) is 3.11. The Bertz CT molecular complexity index is 850.